The minimum absolute atomic E-state index is 0.0852. The van der Waals surface area contributed by atoms with E-state index < -0.39 is 0 Å². The first-order valence-corrected chi connectivity index (χ1v) is 7.28. The summed E-state index contributed by atoms with van der Waals surface area (Å²) in [5, 5.41) is 3.17. The Hall–Kier alpha value is -1.75. The number of rotatable bonds is 5. The summed E-state index contributed by atoms with van der Waals surface area (Å²) in [7, 11) is 3.18. The van der Waals surface area contributed by atoms with Gasteiger partial charge in [0.15, 0.2) is 11.5 Å². The highest BCUT2D eigenvalue weighted by atomic mass is 79.9. The minimum Gasteiger partial charge on any atom is -0.493 e. The van der Waals surface area contributed by atoms with Crippen molar-refractivity contribution in [3.05, 3.63) is 52.3 Å². The highest BCUT2D eigenvalue weighted by Crippen LogP contribution is 2.33. The fourth-order valence-corrected chi connectivity index (χ4v) is 2.51. The van der Waals surface area contributed by atoms with E-state index in [0.29, 0.717) is 21.7 Å². The monoisotopic (exact) mass is 353 g/mol. The van der Waals surface area contributed by atoms with Gasteiger partial charge < -0.3 is 14.8 Å². The Morgan fingerprint density at radius 3 is 2.43 bits per heavy atom. The lowest BCUT2D eigenvalue weighted by atomic mass is 10.1. The van der Waals surface area contributed by atoms with Crippen LogP contribution in [0.25, 0.3) is 0 Å². The van der Waals surface area contributed by atoms with Crippen LogP contribution in [0, 0.1) is 5.82 Å². The second-order valence-corrected chi connectivity index (χ2v) is 5.43. The van der Waals surface area contributed by atoms with Crippen molar-refractivity contribution in [1.82, 2.24) is 0 Å². The molecule has 1 N–H and O–H groups in total. The first kappa shape index (κ1) is 15.6. The maximum atomic E-state index is 13.9. The maximum Gasteiger partial charge on any atom is 0.161 e. The molecular formula is C16H17BrFNO2. The molecule has 5 heteroatoms. The lowest BCUT2D eigenvalue weighted by molar-refractivity contribution is 0.354. The number of nitrogens with one attached hydrogen (secondary N) is 1. The van der Waals surface area contributed by atoms with Crippen LogP contribution in [0.5, 0.6) is 11.5 Å². The summed E-state index contributed by atoms with van der Waals surface area (Å²) >= 11 is 3.35. The van der Waals surface area contributed by atoms with Crippen molar-refractivity contribution in [2.45, 2.75) is 13.0 Å². The van der Waals surface area contributed by atoms with Crippen LogP contribution in [0.1, 0.15) is 18.5 Å². The number of benzene rings is 2. The van der Waals surface area contributed by atoms with Gasteiger partial charge >= 0.3 is 0 Å². The molecule has 2 aromatic carbocycles. The van der Waals surface area contributed by atoms with Crippen LogP contribution in [-0.4, -0.2) is 14.2 Å². The average molecular weight is 354 g/mol. The number of halogens is 2. The molecule has 0 amide bonds. The van der Waals surface area contributed by atoms with Crippen molar-refractivity contribution in [3.63, 3.8) is 0 Å². The van der Waals surface area contributed by atoms with E-state index >= 15 is 0 Å². The molecule has 0 heterocycles. The van der Waals surface area contributed by atoms with Crippen LogP contribution in [0.3, 0.4) is 0 Å². The summed E-state index contributed by atoms with van der Waals surface area (Å²) < 4.78 is 25.0. The van der Waals surface area contributed by atoms with Gasteiger partial charge in [-0.3, -0.25) is 0 Å². The summed E-state index contributed by atoms with van der Waals surface area (Å²) in [6.07, 6.45) is 0. The molecule has 2 aromatic rings. The Morgan fingerprint density at radius 1 is 1.10 bits per heavy atom. The molecule has 0 aliphatic rings. The highest BCUT2D eigenvalue weighted by molar-refractivity contribution is 9.10. The number of methoxy groups -OCH3 is 2. The summed E-state index contributed by atoms with van der Waals surface area (Å²) in [6.45, 7) is 1.96. The van der Waals surface area contributed by atoms with Gasteiger partial charge in [-0.15, -0.1) is 0 Å². The molecular weight excluding hydrogens is 337 g/mol. The van der Waals surface area contributed by atoms with Gasteiger partial charge in [0.1, 0.15) is 5.82 Å². The van der Waals surface area contributed by atoms with E-state index in [1.807, 2.05) is 25.1 Å². The van der Waals surface area contributed by atoms with Crippen molar-refractivity contribution in [2.75, 3.05) is 19.5 Å². The number of para-hydroxylation sites is 1. The number of hydrogen-bond donors (Lipinski definition) is 1. The third kappa shape index (κ3) is 3.47. The van der Waals surface area contributed by atoms with Gasteiger partial charge in [0.05, 0.1) is 19.9 Å². The van der Waals surface area contributed by atoms with Gasteiger partial charge in [-0.1, -0.05) is 12.1 Å². The fraction of sp³-hybridized carbons (Fsp3) is 0.250. The van der Waals surface area contributed by atoms with E-state index in [1.54, 1.807) is 26.4 Å². The molecule has 21 heavy (non-hydrogen) atoms. The van der Waals surface area contributed by atoms with Crippen molar-refractivity contribution in [3.8, 4) is 11.5 Å². The van der Waals surface area contributed by atoms with Gasteiger partial charge in [0.2, 0.25) is 0 Å². The van der Waals surface area contributed by atoms with E-state index in [2.05, 4.69) is 21.2 Å². The molecule has 1 atom stereocenters. The molecule has 0 saturated heterocycles. The SMILES string of the molecule is COc1ccc(C(C)Nc2c(F)cccc2Br)cc1OC. The lowest BCUT2D eigenvalue weighted by Gasteiger charge is -2.19. The van der Waals surface area contributed by atoms with Crippen molar-refractivity contribution < 1.29 is 13.9 Å². The quantitative estimate of drug-likeness (QED) is 0.838. The van der Waals surface area contributed by atoms with Crippen LogP contribution in [-0.2, 0) is 0 Å². The number of anilines is 1. The molecule has 3 nitrogen and oxygen atoms in total. The predicted octanol–water partition coefficient (Wildman–Crippen LogP) is 4.78. The lowest BCUT2D eigenvalue weighted by Crippen LogP contribution is -2.09. The molecule has 0 bridgehead atoms. The van der Waals surface area contributed by atoms with Crippen molar-refractivity contribution >= 4 is 21.6 Å². The molecule has 0 spiro atoms. The predicted molar refractivity (Wildman–Crippen MR) is 85.7 cm³/mol. The molecule has 0 radical (unpaired) electrons. The molecule has 2 rings (SSSR count). The standard InChI is InChI=1S/C16H17BrFNO2/c1-10(19-16-12(17)5-4-6-13(16)18)11-7-8-14(20-2)15(9-11)21-3/h4-10,19H,1-3H3. The van der Waals surface area contributed by atoms with Crippen LogP contribution >= 0.6 is 15.9 Å². The minimum atomic E-state index is -0.295. The van der Waals surface area contributed by atoms with Gasteiger partial charge in [-0.2, -0.15) is 0 Å². The maximum absolute atomic E-state index is 13.9. The summed E-state index contributed by atoms with van der Waals surface area (Å²) in [5.41, 5.74) is 1.42. The van der Waals surface area contributed by atoms with Crippen LogP contribution in [0.2, 0.25) is 0 Å². The van der Waals surface area contributed by atoms with Crippen LogP contribution < -0.4 is 14.8 Å². The Morgan fingerprint density at radius 2 is 1.81 bits per heavy atom. The zero-order valence-corrected chi connectivity index (χ0v) is 13.7. The second kappa shape index (κ2) is 6.80. The smallest absolute Gasteiger partial charge is 0.161 e. The molecule has 0 aliphatic carbocycles. The van der Waals surface area contributed by atoms with Gasteiger partial charge in [0, 0.05) is 10.5 Å². The normalized spacial score (nSPS) is 11.9. The molecule has 0 aromatic heterocycles. The van der Waals surface area contributed by atoms with E-state index in [-0.39, 0.29) is 11.9 Å². The molecule has 0 saturated carbocycles. The summed E-state index contributed by atoms with van der Waals surface area (Å²) in [5.74, 6) is 1.02. The zero-order chi connectivity index (χ0) is 15.4. The van der Waals surface area contributed by atoms with Crippen LogP contribution in [0.4, 0.5) is 10.1 Å². The Balaban J connectivity index is 2.26. The van der Waals surface area contributed by atoms with Gasteiger partial charge in [-0.05, 0) is 52.7 Å². The van der Waals surface area contributed by atoms with Gasteiger partial charge in [0.25, 0.3) is 0 Å². The van der Waals surface area contributed by atoms with Crippen LogP contribution in [0.15, 0.2) is 40.9 Å². The van der Waals surface area contributed by atoms with Crippen molar-refractivity contribution in [2.24, 2.45) is 0 Å². The summed E-state index contributed by atoms with van der Waals surface area (Å²) in [4.78, 5) is 0. The molecule has 112 valence electrons. The number of hydrogen-bond acceptors (Lipinski definition) is 3. The molecule has 0 fully saturated rings. The first-order valence-electron chi connectivity index (χ1n) is 6.49. The Kier molecular flexibility index (Phi) is 5.07. The third-order valence-corrected chi connectivity index (χ3v) is 3.89. The Labute approximate surface area is 132 Å². The second-order valence-electron chi connectivity index (χ2n) is 4.58. The topological polar surface area (TPSA) is 30.5 Å². The average Bonchev–Trinajstić information content (AvgIpc) is 2.50. The third-order valence-electron chi connectivity index (χ3n) is 3.23. The van der Waals surface area contributed by atoms with E-state index in [0.717, 1.165) is 5.56 Å². The molecule has 1 unspecified atom stereocenters. The van der Waals surface area contributed by atoms with E-state index in [9.17, 15) is 4.39 Å². The fourth-order valence-electron chi connectivity index (χ4n) is 2.06. The van der Waals surface area contributed by atoms with E-state index in [4.69, 9.17) is 9.47 Å². The van der Waals surface area contributed by atoms with E-state index in [1.165, 1.54) is 6.07 Å². The van der Waals surface area contributed by atoms with Gasteiger partial charge in [-0.25, -0.2) is 4.39 Å². The largest absolute Gasteiger partial charge is 0.493 e. The first-order chi connectivity index (χ1) is 10.1. The summed E-state index contributed by atoms with van der Waals surface area (Å²) in [6, 6.07) is 10.4. The Bertz CT molecular complexity index is 613. The zero-order valence-electron chi connectivity index (χ0n) is 12.1. The highest BCUT2D eigenvalue weighted by Gasteiger charge is 2.13. The van der Waals surface area contributed by atoms with Crippen molar-refractivity contribution in [1.29, 1.82) is 0 Å². The molecule has 0 aliphatic heterocycles. The number of ether oxygens (including phenoxy) is 2.